The summed E-state index contributed by atoms with van der Waals surface area (Å²) in [6.07, 6.45) is 0.595. The minimum atomic E-state index is -0.847. The van der Waals surface area contributed by atoms with Crippen LogP contribution in [-0.4, -0.2) is 18.9 Å². The van der Waals surface area contributed by atoms with E-state index in [0.29, 0.717) is 11.8 Å². The van der Waals surface area contributed by atoms with Gasteiger partial charge in [-0.3, -0.25) is 4.79 Å². The summed E-state index contributed by atoms with van der Waals surface area (Å²) in [7, 11) is 0. The molecule has 1 aromatic carbocycles. The molecule has 0 saturated heterocycles. The van der Waals surface area contributed by atoms with Gasteiger partial charge in [0.15, 0.2) is 0 Å². The van der Waals surface area contributed by atoms with E-state index in [1.807, 2.05) is 6.07 Å². The summed E-state index contributed by atoms with van der Waals surface area (Å²) in [5.41, 5.74) is 0.631. The molecule has 0 aliphatic rings. The lowest BCUT2D eigenvalue weighted by Gasteiger charge is -2.10. The molecular formula is C11H11BrO3. The number of esters is 1. The lowest BCUT2D eigenvalue weighted by molar-refractivity contribution is -0.146. The lowest BCUT2D eigenvalue weighted by atomic mass is 10.0. The topological polar surface area (TPSA) is 43.4 Å². The van der Waals surface area contributed by atoms with Gasteiger partial charge in [0.2, 0.25) is 0 Å². The van der Waals surface area contributed by atoms with Crippen molar-refractivity contribution < 1.29 is 14.3 Å². The summed E-state index contributed by atoms with van der Waals surface area (Å²) in [6, 6.07) is 7.10. The molecule has 0 fully saturated rings. The standard InChI is InChI=1S/C11H11BrO3/c1-2-15-11(14)9(7-13)8-5-3-4-6-10(8)12/h3-7,9H,2H2,1H3. The zero-order chi connectivity index (χ0) is 11.3. The van der Waals surface area contributed by atoms with Crippen molar-refractivity contribution in [3.63, 3.8) is 0 Å². The highest BCUT2D eigenvalue weighted by Gasteiger charge is 2.22. The molecule has 3 nitrogen and oxygen atoms in total. The Morgan fingerprint density at radius 1 is 1.53 bits per heavy atom. The molecular weight excluding hydrogens is 260 g/mol. The van der Waals surface area contributed by atoms with Crippen LogP contribution < -0.4 is 0 Å². The number of benzene rings is 1. The van der Waals surface area contributed by atoms with Crippen molar-refractivity contribution in [3.8, 4) is 0 Å². The smallest absolute Gasteiger partial charge is 0.320 e. The van der Waals surface area contributed by atoms with E-state index in [2.05, 4.69) is 15.9 Å². The Kier molecular flexibility index (Phi) is 4.49. The highest BCUT2D eigenvalue weighted by molar-refractivity contribution is 9.10. The van der Waals surface area contributed by atoms with Gasteiger partial charge in [0.05, 0.1) is 6.61 Å². The molecule has 0 saturated carbocycles. The Morgan fingerprint density at radius 2 is 2.20 bits per heavy atom. The van der Waals surface area contributed by atoms with E-state index in [9.17, 15) is 9.59 Å². The maximum absolute atomic E-state index is 11.5. The molecule has 0 heterocycles. The molecule has 4 heteroatoms. The normalized spacial score (nSPS) is 11.9. The zero-order valence-corrected chi connectivity index (χ0v) is 9.86. The third kappa shape index (κ3) is 2.89. The van der Waals surface area contributed by atoms with E-state index < -0.39 is 11.9 Å². The first kappa shape index (κ1) is 11.9. The maximum atomic E-state index is 11.5. The van der Waals surface area contributed by atoms with Crippen LogP contribution in [0, 0.1) is 0 Å². The van der Waals surface area contributed by atoms with Gasteiger partial charge in [-0.15, -0.1) is 0 Å². The van der Waals surface area contributed by atoms with Crippen LogP contribution in [0.2, 0.25) is 0 Å². The molecule has 80 valence electrons. The van der Waals surface area contributed by atoms with E-state index in [-0.39, 0.29) is 6.61 Å². The average molecular weight is 271 g/mol. The molecule has 15 heavy (non-hydrogen) atoms. The van der Waals surface area contributed by atoms with Gasteiger partial charge >= 0.3 is 5.97 Å². The number of hydrogen-bond donors (Lipinski definition) is 0. The van der Waals surface area contributed by atoms with Gasteiger partial charge in [-0.25, -0.2) is 0 Å². The van der Waals surface area contributed by atoms with Crippen molar-refractivity contribution >= 4 is 28.2 Å². The lowest BCUT2D eigenvalue weighted by Crippen LogP contribution is -2.17. The summed E-state index contributed by atoms with van der Waals surface area (Å²) in [6.45, 7) is 1.98. The van der Waals surface area contributed by atoms with Gasteiger partial charge in [0.25, 0.3) is 0 Å². The van der Waals surface area contributed by atoms with Crippen LogP contribution in [0.15, 0.2) is 28.7 Å². The van der Waals surface area contributed by atoms with Gasteiger partial charge in [0, 0.05) is 4.47 Å². The molecule has 1 atom stereocenters. The summed E-state index contributed by atoms with van der Waals surface area (Å²) in [5, 5.41) is 0. The van der Waals surface area contributed by atoms with E-state index in [0.717, 1.165) is 4.47 Å². The molecule has 0 spiro atoms. The second-order valence-corrected chi connectivity index (χ2v) is 3.74. The first-order valence-electron chi connectivity index (χ1n) is 4.57. The third-order valence-corrected chi connectivity index (χ3v) is 2.64. The van der Waals surface area contributed by atoms with Crippen molar-refractivity contribution in [2.75, 3.05) is 6.61 Å². The Labute approximate surface area is 96.6 Å². The molecule has 1 rings (SSSR count). The van der Waals surface area contributed by atoms with Crippen molar-refractivity contribution in [3.05, 3.63) is 34.3 Å². The molecule has 0 N–H and O–H groups in total. The van der Waals surface area contributed by atoms with E-state index in [4.69, 9.17) is 4.74 Å². The summed E-state index contributed by atoms with van der Waals surface area (Å²) in [5.74, 6) is -1.36. The van der Waals surface area contributed by atoms with E-state index >= 15 is 0 Å². The zero-order valence-electron chi connectivity index (χ0n) is 8.27. The minimum absolute atomic E-state index is 0.271. The van der Waals surface area contributed by atoms with Crippen LogP contribution in [0.5, 0.6) is 0 Å². The van der Waals surface area contributed by atoms with Crippen LogP contribution >= 0.6 is 15.9 Å². The number of halogens is 1. The maximum Gasteiger partial charge on any atom is 0.320 e. The van der Waals surface area contributed by atoms with Gasteiger partial charge in [-0.2, -0.15) is 0 Å². The number of aldehydes is 1. The molecule has 0 aliphatic carbocycles. The molecule has 0 aromatic heterocycles. The molecule has 0 radical (unpaired) electrons. The molecule has 1 aromatic rings. The summed E-state index contributed by atoms with van der Waals surface area (Å²) >= 11 is 3.29. The number of hydrogen-bond acceptors (Lipinski definition) is 3. The number of rotatable bonds is 4. The predicted octanol–water partition coefficient (Wildman–Crippen LogP) is 2.29. The first-order chi connectivity index (χ1) is 7.20. The quantitative estimate of drug-likeness (QED) is 0.479. The van der Waals surface area contributed by atoms with E-state index in [1.165, 1.54) is 0 Å². The minimum Gasteiger partial charge on any atom is -0.465 e. The van der Waals surface area contributed by atoms with Gasteiger partial charge in [-0.05, 0) is 18.6 Å². The number of carbonyl (C=O) groups excluding carboxylic acids is 2. The van der Waals surface area contributed by atoms with Gasteiger partial charge in [-0.1, -0.05) is 34.1 Å². The second kappa shape index (κ2) is 5.66. The second-order valence-electron chi connectivity index (χ2n) is 2.89. The highest BCUT2D eigenvalue weighted by Crippen LogP contribution is 2.24. The Hall–Kier alpha value is -1.16. The first-order valence-corrected chi connectivity index (χ1v) is 5.36. The number of ether oxygens (including phenoxy) is 1. The predicted molar refractivity (Wildman–Crippen MR) is 59.6 cm³/mol. The fourth-order valence-electron chi connectivity index (χ4n) is 1.22. The fourth-order valence-corrected chi connectivity index (χ4v) is 1.75. The number of carbonyl (C=O) groups is 2. The Balaban J connectivity index is 2.97. The molecule has 0 bridgehead atoms. The van der Waals surface area contributed by atoms with Crippen molar-refractivity contribution in [2.24, 2.45) is 0 Å². The van der Waals surface area contributed by atoms with Crippen molar-refractivity contribution in [1.29, 1.82) is 0 Å². The van der Waals surface area contributed by atoms with Crippen molar-refractivity contribution in [1.82, 2.24) is 0 Å². The largest absolute Gasteiger partial charge is 0.465 e. The van der Waals surface area contributed by atoms with Crippen molar-refractivity contribution in [2.45, 2.75) is 12.8 Å². The van der Waals surface area contributed by atoms with Crippen LogP contribution in [0.3, 0.4) is 0 Å². The van der Waals surface area contributed by atoms with Crippen LogP contribution in [0.4, 0.5) is 0 Å². The van der Waals surface area contributed by atoms with Gasteiger partial charge in [0.1, 0.15) is 12.2 Å². The molecule has 0 aliphatic heterocycles. The Bertz CT molecular complexity index is 363. The summed E-state index contributed by atoms with van der Waals surface area (Å²) < 4.78 is 5.54. The van der Waals surface area contributed by atoms with Crippen LogP contribution in [0.1, 0.15) is 18.4 Å². The molecule has 1 unspecified atom stereocenters. The Morgan fingerprint density at radius 3 is 2.73 bits per heavy atom. The fraction of sp³-hybridized carbons (Fsp3) is 0.273. The molecule has 0 amide bonds. The monoisotopic (exact) mass is 270 g/mol. The third-order valence-electron chi connectivity index (χ3n) is 1.92. The van der Waals surface area contributed by atoms with Gasteiger partial charge < -0.3 is 9.53 Å². The van der Waals surface area contributed by atoms with E-state index in [1.54, 1.807) is 25.1 Å². The van der Waals surface area contributed by atoms with Crippen LogP contribution in [0.25, 0.3) is 0 Å². The highest BCUT2D eigenvalue weighted by atomic mass is 79.9. The SMILES string of the molecule is CCOC(=O)C(C=O)c1ccccc1Br. The van der Waals surface area contributed by atoms with Crippen LogP contribution in [-0.2, 0) is 14.3 Å². The average Bonchev–Trinajstić information content (AvgIpc) is 2.22. The summed E-state index contributed by atoms with van der Waals surface area (Å²) in [4.78, 5) is 22.3.